The molecule has 25 heavy (non-hydrogen) atoms. The molecule has 2 aromatic carbocycles. The largest absolute Gasteiger partial charge is 0.326 e. The van der Waals surface area contributed by atoms with Gasteiger partial charge in [0.1, 0.15) is 0 Å². The second kappa shape index (κ2) is 8.67. The first-order chi connectivity index (χ1) is 11.9. The number of anilines is 2. The van der Waals surface area contributed by atoms with Crippen molar-refractivity contribution in [2.24, 2.45) is 0 Å². The van der Waals surface area contributed by atoms with E-state index >= 15 is 0 Å². The van der Waals surface area contributed by atoms with Crippen LogP contribution in [0.4, 0.5) is 11.4 Å². The molecular weight excluding hydrogens is 336 g/mol. The van der Waals surface area contributed by atoms with Crippen molar-refractivity contribution in [3.63, 3.8) is 0 Å². The molecule has 4 nitrogen and oxygen atoms in total. The van der Waals surface area contributed by atoms with Gasteiger partial charge in [-0.25, -0.2) is 0 Å². The standard InChI is InChI=1S/C20H23ClN2O2/c1-4-16-8-10-17(11-9-16)22-20(25)12-13-23(15(3)24)19-7-5-6-18(21)14(19)2/h5-11H,4,12-13H2,1-3H3,(H,22,25). The van der Waals surface area contributed by atoms with Crippen LogP contribution in [-0.2, 0) is 16.0 Å². The highest BCUT2D eigenvalue weighted by atomic mass is 35.5. The number of halogens is 1. The molecule has 5 heteroatoms. The van der Waals surface area contributed by atoms with Crippen LogP contribution in [0.1, 0.15) is 31.4 Å². The van der Waals surface area contributed by atoms with Crippen molar-refractivity contribution < 1.29 is 9.59 Å². The first kappa shape index (κ1) is 19.0. The van der Waals surface area contributed by atoms with E-state index in [1.165, 1.54) is 12.5 Å². The third-order valence-corrected chi connectivity index (χ3v) is 4.53. The number of rotatable bonds is 6. The normalized spacial score (nSPS) is 10.4. The predicted octanol–water partition coefficient (Wildman–Crippen LogP) is 4.59. The van der Waals surface area contributed by atoms with E-state index in [2.05, 4.69) is 12.2 Å². The van der Waals surface area contributed by atoms with Gasteiger partial charge in [-0.3, -0.25) is 9.59 Å². The molecule has 2 rings (SSSR count). The number of nitrogens with one attached hydrogen (secondary N) is 1. The van der Waals surface area contributed by atoms with E-state index in [4.69, 9.17) is 11.6 Å². The lowest BCUT2D eigenvalue weighted by molar-refractivity contribution is -0.117. The van der Waals surface area contributed by atoms with Crippen LogP contribution in [0.3, 0.4) is 0 Å². The smallest absolute Gasteiger partial charge is 0.226 e. The van der Waals surface area contributed by atoms with E-state index in [-0.39, 0.29) is 18.2 Å². The summed E-state index contributed by atoms with van der Waals surface area (Å²) < 4.78 is 0. The number of hydrogen-bond donors (Lipinski definition) is 1. The highest BCUT2D eigenvalue weighted by Gasteiger charge is 2.16. The third-order valence-electron chi connectivity index (χ3n) is 4.12. The van der Waals surface area contributed by atoms with Crippen LogP contribution in [0.5, 0.6) is 0 Å². The Kier molecular flexibility index (Phi) is 6.59. The Morgan fingerprint density at radius 1 is 1.12 bits per heavy atom. The minimum absolute atomic E-state index is 0.120. The lowest BCUT2D eigenvalue weighted by atomic mass is 10.1. The highest BCUT2D eigenvalue weighted by Crippen LogP contribution is 2.26. The lowest BCUT2D eigenvalue weighted by Gasteiger charge is -2.23. The second-order valence-corrected chi connectivity index (χ2v) is 6.31. The molecule has 2 aromatic rings. The van der Waals surface area contributed by atoms with Gasteiger partial charge in [0.05, 0.1) is 0 Å². The minimum Gasteiger partial charge on any atom is -0.326 e. The maximum atomic E-state index is 12.2. The van der Waals surface area contributed by atoms with Gasteiger partial charge >= 0.3 is 0 Å². The van der Waals surface area contributed by atoms with Crippen molar-refractivity contribution in [1.29, 1.82) is 0 Å². The minimum atomic E-state index is -0.129. The summed E-state index contributed by atoms with van der Waals surface area (Å²) in [4.78, 5) is 25.8. The molecule has 0 aliphatic heterocycles. The summed E-state index contributed by atoms with van der Waals surface area (Å²) in [6, 6.07) is 13.2. The van der Waals surface area contributed by atoms with Gasteiger partial charge in [0.2, 0.25) is 11.8 Å². The van der Waals surface area contributed by atoms with Gasteiger partial charge in [-0.15, -0.1) is 0 Å². The SMILES string of the molecule is CCc1ccc(NC(=O)CCN(C(C)=O)c2cccc(Cl)c2C)cc1. The molecule has 0 atom stereocenters. The fourth-order valence-electron chi connectivity index (χ4n) is 2.60. The van der Waals surface area contributed by atoms with Crippen molar-refractivity contribution in [1.82, 2.24) is 0 Å². The van der Waals surface area contributed by atoms with E-state index in [1.54, 1.807) is 17.0 Å². The number of amides is 2. The Labute approximate surface area is 153 Å². The highest BCUT2D eigenvalue weighted by molar-refractivity contribution is 6.31. The van der Waals surface area contributed by atoms with Crippen LogP contribution in [0.2, 0.25) is 5.02 Å². The molecule has 0 saturated heterocycles. The van der Waals surface area contributed by atoms with Crippen LogP contribution >= 0.6 is 11.6 Å². The second-order valence-electron chi connectivity index (χ2n) is 5.90. The Morgan fingerprint density at radius 2 is 1.80 bits per heavy atom. The van der Waals surface area contributed by atoms with Crippen molar-refractivity contribution >= 4 is 34.8 Å². The predicted molar refractivity (Wildman–Crippen MR) is 103 cm³/mol. The molecule has 2 amide bonds. The zero-order valence-electron chi connectivity index (χ0n) is 14.8. The quantitative estimate of drug-likeness (QED) is 0.820. The summed E-state index contributed by atoms with van der Waals surface area (Å²) in [6.07, 6.45) is 1.17. The average molecular weight is 359 g/mol. The molecule has 0 radical (unpaired) electrons. The van der Waals surface area contributed by atoms with Crippen LogP contribution in [0.25, 0.3) is 0 Å². The molecule has 1 N–H and O–H groups in total. The van der Waals surface area contributed by atoms with Gasteiger partial charge in [-0.2, -0.15) is 0 Å². The molecule has 0 aliphatic carbocycles. The lowest BCUT2D eigenvalue weighted by Crippen LogP contribution is -2.32. The summed E-state index contributed by atoms with van der Waals surface area (Å²) >= 11 is 6.14. The van der Waals surface area contributed by atoms with Crippen LogP contribution in [-0.4, -0.2) is 18.4 Å². The van der Waals surface area contributed by atoms with Gasteiger partial charge in [0.15, 0.2) is 0 Å². The Morgan fingerprint density at radius 3 is 2.40 bits per heavy atom. The van der Waals surface area contributed by atoms with Gasteiger partial charge < -0.3 is 10.2 Å². The van der Waals surface area contributed by atoms with Crippen molar-refractivity contribution in [2.45, 2.75) is 33.6 Å². The molecule has 0 bridgehead atoms. The molecule has 0 spiro atoms. The average Bonchev–Trinajstić information content (AvgIpc) is 2.59. The maximum Gasteiger partial charge on any atom is 0.226 e. The summed E-state index contributed by atoms with van der Waals surface area (Å²) in [5.41, 5.74) is 3.54. The Balaban J connectivity index is 2.01. The molecule has 0 saturated carbocycles. The summed E-state index contributed by atoms with van der Waals surface area (Å²) in [7, 11) is 0. The molecule has 0 unspecified atom stereocenters. The molecule has 0 fully saturated rings. The monoisotopic (exact) mass is 358 g/mol. The van der Waals surface area contributed by atoms with Gasteiger partial charge in [0, 0.05) is 36.3 Å². The van der Waals surface area contributed by atoms with Crippen molar-refractivity contribution in [2.75, 3.05) is 16.8 Å². The van der Waals surface area contributed by atoms with E-state index in [1.807, 2.05) is 37.3 Å². The number of nitrogens with zero attached hydrogens (tertiary/aromatic N) is 1. The summed E-state index contributed by atoms with van der Waals surface area (Å²) in [6.45, 7) is 5.74. The zero-order chi connectivity index (χ0) is 18.4. The molecule has 0 heterocycles. The fraction of sp³-hybridized carbons (Fsp3) is 0.300. The van der Waals surface area contributed by atoms with Crippen molar-refractivity contribution in [3.8, 4) is 0 Å². The Hall–Kier alpha value is -2.33. The van der Waals surface area contributed by atoms with E-state index in [0.29, 0.717) is 11.6 Å². The van der Waals surface area contributed by atoms with E-state index < -0.39 is 0 Å². The van der Waals surface area contributed by atoms with E-state index in [9.17, 15) is 9.59 Å². The third kappa shape index (κ3) is 5.07. The van der Waals surface area contributed by atoms with Gasteiger partial charge in [-0.05, 0) is 48.7 Å². The number of hydrogen-bond acceptors (Lipinski definition) is 2. The maximum absolute atomic E-state index is 12.2. The number of carbonyl (C=O) groups is 2. The van der Waals surface area contributed by atoms with Crippen molar-refractivity contribution in [3.05, 3.63) is 58.6 Å². The summed E-state index contributed by atoms with van der Waals surface area (Å²) in [5, 5.41) is 3.46. The first-order valence-electron chi connectivity index (χ1n) is 8.34. The van der Waals surface area contributed by atoms with Crippen LogP contribution in [0.15, 0.2) is 42.5 Å². The molecular formula is C20H23ClN2O2. The first-order valence-corrected chi connectivity index (χ1v) is 8.72. The van der Waals surface area contributed by atoms with Gasteiger partial charge in [0.25, 0.3) is 0 Å². The van der Waals surface area contributed by atoms with E-state index in [0.717, 1.165) is 23.4 Å². The fourth-order valence-corrected chi connectivity index (χ4v) is 2.77. The topological polar surface area (TPSA) is 49.4 Å². The molecule has 0 aromatic heterocycles. The Bertz CT molecular complexity index is 757. The van der Waals surface area contributed by atoms with Crippen LogP contribution < -0.4 is 10.2 Å². The summed E-state index contributed by atoms with van der Waals surface area (Å²) in [5.74, 6) is -0.249. The molecule has 132 valence electrons. The number of carbonyl (C=O) groups excluding carboxylic acids is 2. The zero-order valence-corrected chi connectivity index (χ0v) is 15.6. The number of benzene rings is 2. The van der Waals surface area contributed by atoms with Gasteiger partial charge in [-0.1, -0.05) is 36.7 Å². The molecule has 0 aliphatic rings. The van der Waals surface area contributed by atoms with Crippen LogP contribution in [0, 0.1) is 6.92 Å². The number of aryl methyl sites for hydroxylation is 1.